The molecule has 0 spiro atoms. The molecule has 1 fully saturated rings. The van der Waals surface area contributed by atoms with Gasteiger partial charge < -0.3 is 10.1 Å². The summed E-state index contributed by atoms with van der Waals surface area (Å²) in [5.74, 6) is 0. The average Bonchev–Trinajstić information content (AvgIpc) is 2.69. The van der Waals surface area contributed by atoms with Crippen LogP contribution in [0.5, 0.6) is 0 Å². The number of ether oxygens (including phenoxy) is 1. The summed E-state index contributed by atoms with van der Waals surface area (Å²) < 4.78 is 7.41. The molecular weight excluding hydrogens is 202 g/mol. The molecule has 16 heavy (non-hydrogen) atoms. The molecule has 1 saturated heterocycles. The van der Waals surface area contributed by atoms with Gasteiger partial charge in [0.15, 0.2) is 0 Å². The van der Waals surface area contributed by atoms with Gasteiger partial charge in [-0.15, -0.1) is 0 Å². The first-order valence-corrected chi connectivity index (χ1v) is 5.59. The minimum absolute atomic E-state index is 0.222. The number of hydrogen-bond acceptors (Lipinski definition) is 3. The van der Waals surface area contributed by atoms with Crippen molar-refractivity contribution in [1.29, 1.82) is 0 Å². The third kappa shape index (κ3) is 1.50. The molecule has 1 aliphatic heterocycles. The fraction of sp³-hybridized carbons (Fsp3) is 0.417. The Kier molecular flexibility index (Phi) is 2.38. The molecule has 4 heteroatoms. The summed E-state index contributed by atoms with van der Waals surface area (Å²) in [4.78, 5) is 0. The number of para-hydroxylation sites is 1. The zero-order valence-corrected chi connectivity index (χ0v) is 9.31. The van der Waals surface area contributed by atoms with Gasteiger partial charge in [-0.05, 0) is 6.07 Å². The second-order valence-corrected chi connectivity index (χ2v) is 4.11. The van der Waals surface area contributed by atoms with Crippen LogP contribution in [0.2, 0.25) is 0 Å². The molecular formula is C12H15N3O. The molecule has 4 nitrogen and oxygen atoms in total. The van der Waals surface area contributed by atoms with Gasteiger partial charge in [0.25, 0.3) is 0 Å². The molecule has 1 aromatic carbocycles. The summed E-state index contributed by atoms with van der Waals surface area (Å²) in [6, 6.07) is 8.53. The Balaban J connectivity index is 2.08. The highest BCUT2D eigenvalue weighted by molar-refractivity contribution is 5.82. The third-order valence-electron chi connectivity index (χ3n) is 3.04. The fourth-order valence-corrected chi connectivity index (χ4v) is 2.24. The van der Waals surface area contributed by atoms with Crippen LogP contribution in [0.1, 0.15) is 11.7 Å². The first-order valence-electron chi connectivity index (χ1n) is 5.59. The van der Waals surface area contributed by atoms with E-state index >= 15 is 0 Å². The quantitative estimate of drug-likeness (QED) is 0.781. The molecule has 3 rings (SSSR count). The Morgan fingerprint density at radius 3 is 3.12 bits per heavy atom. The number of nitrogens with zero attached hydrogens (tertiary/aromatic N) is 2. The van der Waals surface area contributed by atoms with E-state index in [4.69, 9.17) is 4.74 Å². The highest BCUT2D eigenvalue weighted by Gasteiger charge is 2.20. The van der Waals surface area contributed by atoms with Crippen LogP contribution < -0.4 is 5.32 Å². The van der Waals surface area contributed by atoms with Crippen LogP contribution in [-0.4, -0.2) is 29.5 Å². The summed E-state index contributed by atoms with van der Waals surface area (Å²) in [7, 11) is 1.98. The van der Waals surface area contributed by atoms with Crippen molar-refractivity contribution >= 4 is 10.9 Å². The maximum absolute atomic E-state index is 5.48. The smallest absolute Gasteiger partial charge is 0.0896 e. The lowest BCUT2D eigenvalue weighted by molar-refractivity contribution is 0.0758. The number of nitrogens with one attached hydrogen (secondary N) is 1. The molecule has 0 aliphatic carbocycles. The van der Waals surface area contributed by atoms with Crippen LogP contribution in [0.3, 0.4) is 0 Å². The topological polar surface area (TPSA) is 39.1 Å². The Hall–Kier alpha value is -1.39. The first-order chi connectivity index (χ1) is 7.86. The van der Waals surface area contributed by atoms with Crippen LogP contribution in [0, 0.1) is 0 Å². The molecule has 0 bridgehead atoms. The monoisotopic (exact) mass is 217 g/mol. The van der Waals surface area contributed by atoms with Crippen molar-refractivity contribution in [1.82, 2.24) is 15.1 Å². The van der Waals surface area contributed by atoms with Crippen molar-refractivity contribution in [2.24, 2.45) is 7.05 Å². The Morgan fingerprint density at radius 2 is 2.31 bits per heavy atom. The molecule has 0 radical (unpaired) electrons. The standard InChI is InChI=1S/C12H15N3O/c1-15-11-5-3-2-4-9(11)12(14-15)10-8-16-7-6-13-10/h2-5,10,13H,6-8H2,1H3. The summed E-state index contributed by atoms with van der Waals surface area (Å²) in [6.45, 7) is 2.40. The second kappa shape index (κ2) is 3.88. The van der Waals surface area contributed by atoms with E-state index in [0.717, 1.165) is 18.8 Å². The van der Waals surface area contributed by atoms with E-state index in [1.54, 1.807) is 0 Å². The van der Waals surface area contributed by atoms with Crippen molar-refractivity contribution in [3.05, 3.63) is 30.0 Å². The largest absolute Gasteiger partial charge is 0.378 e. The number of aromatic nitrogens is 2. The van der Waals surface area contributed by atoms with Crippen LogP contribution in [0.4, 0.5) is 0 Å². The van der Waals surface area contributed by atoms with E-state index in [1.165, 1.54) is 10.9 Å². The second-order valence-electron chi connectivity index (χ2n) is 4.11. The predicted octanol–water partition coefficient (Wildman–Crippen LogP) is 1.23. The van der Waals surface area contributed by atoms with Crippen LogP contribution >= 0.6 is 0 Å². The van der Waals surface area contributed by atoms with Gasteiger partial charge in [-0.1, -0.05) is 18.2 Å². The average molecular weight is 217 g/mol. The number of morpholine rings is 1. The molecule has 2 aromatic rings. The van der Waals surface area contributed by atoms with E-state index in [9.17, 15) is 0 Å². The van der Waals surface area contributed by atoms with Gasteiger partial charge in [-0.3, -0.25) is 4.68 Å². The highest BCUT2D eigenvalue weighted by atomic mass is 16.5. The van der Waals surface area contributed by atoms with Crippen molar-refractivity contribution in [3.8, 4) is 0 Å². The summed E-state index contributed by atoms with van der Waals surface area (Å²) in [5.41, 5.74) is 2.27. The van der Waals surface area contributed by atoms with Gasteiger partial charge >= 0.3 is 0 Å². The molecule has 1 aromatic heterocycles. The number of benzene rings is 1. The Labute approximate surface area is 94.2 Å². The zero-order valence-electron chi connectivity index (χ0n) is 9.31. The van der Waals surface area contributed by atoms with E-state index in [1.807, 2.05) is 17.8 Å². The van der Waals surface area contributed by atoms with Gasteiger partial charge in [0, 0.05) is 19.0 Å². The van der Waals surface area contributed by atoms with Crippen LogP contribution in [0.25, 0.3) is 10.9 Å². The Morgan fingerprint density at radius 1 is 1.44 bits per heavy atom. The summed E-state index contributed by atoms with van der Waals surface area (Å²) >= 11 is 0. The lowest BCUT2D eigenvalue weighted by Crippen LogP contribution is -2.34. The zero-order chi connectivity index (χ0) is 11.0. The molecule has 1 unspecified atom stereocenters. The van der Waals surface area contributed by atoms with Crippen molar-refractivity contribution < 1.29 is 4.74 Å². The first kappa shape index (κ1) is 9.81. The van der Waals surface area contributed by atoms with Gasteiger partial charge in [0.2, 0.25) is 0 Å². The lowest BCUT2D eigenvalue weighted by Gasteiger charge is -2.22. The minimum atomic E-state index is 0.222. The molecule has 84 valence electrons. The number of fused-ring (bicyclic) bond motifs is 1. The van der Waals surface area contributed by atoms with Gasteiger partial charge in [-0.2, -0.15) is 5.10 Å². The SMILES string of the molecule is Cn1nc(C2COCCN2)c2ccccc21. The minimum Gasteiger partial charge on any atom is -0.378 e. The van der Waals surface area contributed by atoms with E-state index in [-0.39, 0.29) is 6.04 Å². The third-order valence-corrected chi connectivity index (χ3v) is 3.04. The maximum atomic E-state index is 5.48. The fourth-order valence-electron chi connectivity index (χ4n) is 2.24. The molecule has 1 N–H and O–H groups in total. The van der Waals surface area contributed by atoms with E-state index in [0.29, 0.717) is 6.61 Å². The normalized spacial score (nSPS) is 21.4. The molecule has 0 saturated carbocycles. The molecule has 1 atom stereocenters. The van der Waals surface area contributed by atoms with E-state index < -0.39 is 0 Å². The van der Waals surface area contributed by atoms with Crippen LogP contribution in [-0.2, 0) is 11.8 Å². The summed E-state index contributed by atoms with van der Waals surface area (Å²) in [6.07, 6.45) is 0. The predicted molar refractivity (Wildman–Crippen MR) is 62.3 cm³/mol. The number of aryl methyl sites for hydroxylation is 1. The van der Waals surface area contributed by atoms with Crippen molar-refractivity contribution in [3.63, 3.8) is 0 Å². The molecule has 0 amide bonds. The Bertz CT molecular complexity index is 500. The number of hydrogen-bond donors (Lipinski definition) is 1. The highest BCUT2D eigenvalue weighted by Crippen LogP contribution is 2.24. The van der Waals surface area contributed by atoms with Gasteiger partial charge in [0.1, 0.15) is 0 Å². The molecule has 2 heterocycles. The molecule has 1 aliphatic rings. The van der Waals surface area contributed by atoms with Crippen molar-refractivity contribution in [2.45, 2.75) is 6.04 Å². The summed E-state index contributed by atoms with van der Waals surface area (Å²) in [5, 5.41) is 9.24. The van der Waals surface area contributed by atoms with E-state index in [2.05, 4.69) is 28.6 Å². The van der Waals surface area contributed by atoms with Crippen LogP contribution in [0.15, 0.2) is 24.3 Å². The van der Waals surface area contributed by atoms with Crippen molar-refractivity contribution in [2.75, 3.05) is 19.8 Å². The van der Waals surface area contributed by atoms with Gasteiger partial charge in [-0.25, -0.2) is 0 Å². The number of rotatable bonds is 1. The maximum Gasteiger partial charge on any atom is 0.0896 e. The lowest BCUT2D eigenvalue weighted by atomic mass is 10.1. The van der Waals surface area contributed by atoms with Gasteiger partial charge in [0.05, 0.1) is 30.5 Å².